The average molecular weight is 465 g/mol. The topological polar surface area (TPSA) is 96.0 Å². The first-order chi connectivity index (χ1) is 16.5. The fourth-order valence-electron chi connectivity index (χ4n) is 3.18. The van der Waals surface area contributed by atoms with E-state index in [0.29, 0.717) is 23.7 Å². The summed E-state index contributed by atoms with van der Waals surface area (Å²) >= 11 is 0. The minimum atomic E-state index is -0.801. The number of rotatable bonds is 10. The van der Waals surface area contributed by atoms with Crippen molar-refractivity contribution in [1.29, 1.82) is 0 Å². The standard InChI is InChI=1S/C26H28N2O6/c1-4-31-25(29)20-14-12-19(13-15-20)24(28-23-11-7-8-16-27-23)21-9-5-6-10-22(21)32-17-33-26(30)34-18(2)3/h5-16,18,24H,4,17H2,1-3H3,(H,27,28). The van der Waals surface area contributed by atoms with Crippen LogP contribution in [0.2, 0.25) is 0 Å². The van der Waals surface area contributed by atoms with E-state index in [2.05, 4.69) is 10.3 Å². The van der Waals surface area contributed by atoms with Gasteiger partial charge in [-0.15, -0.1) is 0 Å². The Bertz CT molecular complexity index is 1070. The molecule has 0 radical (unpaired) electrons. The second-order valence-corrected chi connectivity index (χ2v) is 7.50. The van der Waals surface area contributed by atoms with E-state index in [0.717, 1.165) is 11.1 Å². The zero-order valence-electron chi connectivity index (χ0n) is 19.4. The maximum atomic E-state index is 12.1. The van der Waals surface area contributed by atoms with Crippen LogP contribution in [0.3, 0.4) is 0 Å². The number of pyridine rings is 1. The first kappa shape index (κ1) is 24.6. The third-order valence-electron chi connectivity index (χ3n) is 4.67. The molecule has 0 saturated carbocycles. The van der Waals surface area contributed by atoms with Gasteiger partial charge in [0.05, 0.1) is 24.3 Å². The highest BCUT2D eigenvalue weighted by atomic mass is 16.8. The van der Waals surface area contributed by atoms with E-state index in [1.165, 1.54) is 0 Å². The molecule has 3 aromatic rings. The molecular formula is C26H28N2O6. The molecule has 0 aliphatic heterocycles. The van der Waals surface area contributed by atoms with Crippen molar-refractivity contribution in [2.24, 2.45) is 0 Å². The molecule has 0 aliphatic rings. The molecular weight excluding hydrogens is 436 g/mol. The van der Waals surface area contributed by atoms with E-state index >= 15 is 0 Å². The fourth-order valence-corrected chi connectivity index (χ4v) is 3.18. The molecule has 3 rings (SSSR count). The van der Waals surface area contributed by atoms with Gasteiger partial charge in [-0.2, -0.15) is 0 Å². The van der Waals surface area contributed by atoms with Crippen molar-refractivity contribution in [3.05, 3.63) is 89.6 Å². The molecule has 0 saturated heterocycles. The summed E-state index contributed by atoms with van der Waals surface area (Å²) in [6.07, 6.45) is 0.606. The van der Waals surface area contributed by atoms with Crippen LogP contribution in [0.4, 0.5) is 10.6 Å². The molecule has 0 spiro atoms. The van der Waals surface area contributed by atoms with Crippen molar-refractivity contribution in [1.82, 2.24) is 4.98 Å². The van der Waals surface area contributed by atoms with Crippen molar-refractivity contribution in [3.8, 4) is 5.75 Å². The number of ether oxygens (including phenoxy) is 4. The number of carbonyl (C=O) groups excluding carboxylic acids is 2. The minimum absolute atomic E-state index is 0.288. The van der Waals surface area contributed by atoms with Crippen molar-refractivity contribution in [3.63, 3.8) is 0 Å². The zero-order chi connectivity index (χ0) is 24.3. The summed E-state index contributed by atoms with van der Waals surface area (Å²) in [4.78, 5) is 28.1. The average Bonchev–Trinajstić information content (AvgIpc) is 2.83. The molecule has 178 valence electrons. The van der Waals surface area contributed by atoms with Gasteiger partial charge in [0.15, 0.2) is 0 Å². The van der Waals surface area contributed by atoms with Gasteiger partial charge in [0, 0.05) is 11.8 Å². The monoisotopic (exact) mass is 464 g/mol. The molecule has 34 heavy (non-hydrogen) atoms. The molecule has 8 heteroatoms. The maximum absolute atomic E-state index is 12.1. The van der Waals surface area contributed by atoms with Crippen LogP contribution in [-0.4, -0.2) is 36.6 Å². The smallest absolute Gasteiger partial charge is 0.462 e. The molecule has 0 bridgehead atoms. The Morgan fingerprint density at radius 1 is 0.941 bits per heavy atom. The summed E-state index contributed by atoms with van der Waals surface area (Å²) < 4.78 is 20.8. The van der Waals surface area contributed by atoms with E-state index in [1.807, 2.05) is 48.5 Å². The molecule has 0 aliphatic carbocycles. The van der Waals surface area contributed by atoms with E-state index in [9.17, 15) is 9.59 Å². The van der Waals surface area contributed by atoms with Crippen molar-refractivity contribution in [2.75, 3.05) is 18.7 Å². The van der Waals surface area contributed by atoms with E-state index in [-0.39, 0.29) is 24.9 Å². The molecule has 8 nitrogen and oxygen atoms in total. The molecule has 1 heterocycles. The van der Waals surface area contributed by atoms with Gasteiger partial charge in [-0.05, 0) is 56.7 Å². The normalized spacial score (nSPS) is 11.4. The lowest BCUT2D eigenvalue weighted by atomic mass is 9.96. The molecule has 0 amide bonds. The van der Waals surface area contributed by atoms with E-state index < -0.39 is 6.16 Å². The molecule has 0 fully saturated rings. The lowest BCUT2D eigenvalue weighted by Gasteiger charge is -2.23. The van der Waals surface area contributed by atoms with Crippen molar-refractivity contribution < 1.29 is 28.5 Å². The first-order valence-electron chi connectivity index (χ1n) is 11.0. The van der Waals surface area contributed by atoms with Crippen LogP contribution >= 0.6 is 0 Å². The SMILES string of the molecule is CCOC(=O)c1ccc(C(Nc2ccccn2)c2ccccc2OCOC(=O)OC(C)C)cc1. The summed E-state index contributed by atoms with van der Waals surface area (Å²) in [6, 6.07) is 19.7. The molecule has 1 aromatic heterocycles. The van der Waals surface area contributed by atoms with Gasteiger partial charge in [-0.3, -0.25) is 0 Å². The summed E-state index contributed by atoms with van der Waals surface area (Å²) in [5.41, 5.74) is 2.12. The van der Waals surface area contributed by atoms with Crippen LogP contribution < -0.4 is 10.1 Å². The molecule has 2 aromatic carbocycles. The van der Waals surface area contributed by atoms with Crippen LogP contribution in [-0.2, 0) is 14.2 Å². The summed E-state index contributed by atoms with van der Waals surface area (Å²) in [7, 11) is 0. The van der Waals surface area contributed by atoms with Crippen LogP contribution in [0, 0.1) is 0 Å². The van der Waals surface area contributed by atoms with Gasteiger partial charge in [-0.25, -0.2) is 14.6 Å². The Labute approximate surface area is 198 Å². The number of anilines is 1. The number of nitrogens with zero attached hydrogens (tertiary/aromatic N) is 1. The van der Waals surface area contributed by atoms with Crippen molar-refractivity contribution in [2.45, 2.75) is 32.9 Å². The highest BCUT2D eigenvalue weighted by Crippen LogP contribution is 2.33. The third kappa shape index (κ3) is 6.96. The highest BCUT2D eigenvalue weighted by Gasteiger charge is 2.20. The number of esters is 1. The van der Waals surface area contributed by atoms with Gasteiger partial charge in [0.1, 0.15) is 11.6 Å². The number of hydrogen-bond donors (Lipinski definition) is 1. The van der Waals surface area contributed by atoms with Crippen LogP contribution in [0.1, 0.15) is 48.3 Å². The number of hydrogen-bond acceptors (Lipinski definition) is 8. The summed E-state index contributed by atoms with van der Waals surface area (Å²) in [6.45, 7) is 5.24. The number of benzene rings is 2. The van der Waals surface area contributed by atoms with E-state index in [4.69, 9.17) is 18.9 Å². The third-order valence-corrected chi connectivity index (χ3v) is 4.67. The lowest BCUT2D eigenvalue weighted by Crippen LogP contribution is -2.18. The second-order valence-electron chi connectivity index (χ2n) is 7.50. The number of nitrogens with one attached hydrogen (secondary N) is 1. The van der Waals surface area contributed by atoms with Gasteiger partial charge in [-0.1, -0.05) is 36.4 Å². The van der Waals surface area contributed by atoms with Crippen LogP contribution in [0.15, 0.2) is 72.9 Å². The number of para-hydroxylation sites is 1. The largest absolute Gasteiger partial charge is 0.511 e. The number of aromatic nitrogens is 1. The lowest BCUT2D eigenvalue weighted by molar-refractivity contribution is -0.00847. The van der Waals surface area contributed by atoms with Gasteiger partial charge >= 0.3 is 12.1 Å². The molecule has 1 unspecified atom stereocenters. The Morgan fingerprint density at radius 3 is 2.35 bits per heavy atom. The predicted molar refractivity (Wildman–Crippen MR) is 127 cm³/mol. The Balaban J connectivity index is 1.87. The van der Waals surface area contributed by atoms with Gasteiger partial charge < -0.3 is 24.3 Å². The predicted octanol–water partition coefficient (Wildman–Crippen LogP) is 5.36. The minimum Gasteiger partial charge on any atom is -0.462 e. The molecule has 1 atom stereocenters. The maximum Gasteiger partial charge on any atom is 0.511 e. The Morgan fingerprint density at radius 2 is 1.68 bits per heavy atom. The number of carbonyl (C=O) groups is 2. The summed E-state index contributed by atoms with van der Waals surface area (Å²) in [5.74, 6) is 0.800. The highest BCUT2D eigenvalue weighted by molar-refractivity contribution is 5.89. The second kappa shape index (κ2) is 12.2. The van der Waals surface area contributed by atoms with Gasteiger partial charge in [0.2, 0.25) is 6.79 Å². The van der Waals surface area contributed by atoms with Crippen LogP contribution in [0.5, 0.6) is 5.75 Å². The quantitative estimate of drug-likeness (QED) is 0.317. The summed E-state index contributed by atoms with van der Waals surface area (Å²) in [5, 5.41) is 3.41. The fraction of sp³-hybridized carbons (Fsp3) is 0.269. The zero-order valence-corrected chi connectivity index (χ0v) is 19.4. The van der Waals surface area contributed by atoms with Crippen molar-refractivity contribution >= 4 is 17.9 Å². The van der Waals surface area contributed by atoms with Gasteiger partial charge in [0.25, 0.3) is 0 Å². The Kier molecular flexibility index (Phi) is 8.85. The van der Waals surface area contributed by atoms with E-state index in [1.54, 1.807) is 45.2 Å². The molecule has 1 N–H and O–H groups in total. The van der Waals surface area contributed by atoms with Crippen LogP contribution in [0.25, 0.3) is 0 Å². The first-order valence-corrected chi connectivity index (χ1v) is 11.0. The Hall–Kier alpha value is -4.07.